The van der Waals surface area contributed by atoms with Gasteiger partial charge in [-0.3, -0.25) is 4.79 Å². The maximum Gasteiger partial charge on any atom is 0.244 e. The van der Waals surface area contributed by atoms with E-state index in [1.807, 2.05) is 49.7 Å². The maximum absolute atomic E-state index is 12.2. The molecule has 5 heteroatoms. The molecule has 0 bridgehead atoms. The first-order valence-corrected chi connectivity index (χ1v) is 12.6. The number of aromatic hydroxyl groups is 1. The number of hydrogen-bond donors (Lipinski definition) is 2. The summed E-state index contributed by atoms with van der Waals surface area (Å²) in [4.78, 5) is 20.5. The molecule has 0 saturated heterocycles. The van der Waals surface area contributed by atoms with Crippen LogP contribution in [0.5, 0.6) is 5.75 Å². The summed E-state index contributed by atoms with van der Waals surface area (Å²) in [7, 11) is 0. The summed E-state index contributed by atoms with van der Waals surface area (Å²) in [5.74, 6) is 0.129. The molecule has 1 aliphatic rings. The third-order valence-electron chi connectivity index (χ3n) is 6.46. The fourth-order valence-corrected chi connectivity index (χ4v) is 4.32. The van der Waals surface area contributed by atoms with Crippen molar-refractivity contribution in [2.45, 2.75) is 47.5 Å². The summed E-state index contributed by atoms with van der Waals surface area (Å²) < 4.78 is 0. The lowest BCUT2D eigenvalue weighted by molar-refractivity contribution is -0.116. The molecule has 2 N–H and O–H groups in total. The molecule has 37 heavy (non-hydrogen) atoms. The van der Waals surface area contributed by atoms with E-state index in [1.54, 1.807) is 24.5 Å². The van der Waals surface area contributed by atoms with Gasteiger partial charge in [0.1, 0.15) is 12.1 Å². The van der Waals surface area contributed by atoms with Gasteiger partial charge < -0.3 is 10.4 Å². The number of amides is 1. The molecule has 0 atom stereocenters. The molecule has 0 saturated carbocycles. The van der Waals surface area contributed by atoms with Gasteiger partial charge in [-0.25, -0.2) is 9.97 Å². The van der Waals surface area contributed by atoms with Crippen LogP contribution in [-0.4, -0.2) is 27.5 Å². The van der Waals surface area contributed by atoms with Crippen LogP contribution in [0.1, 0.15) is 52.2 Å². The van der Waals surface area contributed by atoms with E-state index in [0.717, 1.165) is 28.7 Å². The molecule has 1 amide bonds. The fourth-order valence-electron chi connectivity index (χ4n) is 4.32. The summed E-state index contributed by atoms with van der Waals surface area (Å²) in [6, 6.07) is 7.02. The van der Waals surface area contributed by atoms with Crippen molar-refractivity contribution in [2.24, 2.45) is 5.41 Å². The minimum Gasteiger partial charge on any atom is -0.508 e. The summed E-state index contributed by atoms with van der Waals surface area (Å²) in [5.41, 5.74) is 7.92. The number of benzene rings is 1. The predicted molar refractivity (Wildman–Crippen MR) is 152 cm³/mol. The lowest BCUT2D eigenvalue weighted by atomic mass is 9.72. The molecule has 1 aliphatic carbocycles. The van der Waals surface area contributed by atoms with Crippen LogP contribution in [0.15, 0.2) is 108 Å². The van der Waals surface area contributed by atoms with Crippen LogP contribution < -0.4 is 5.32 Å². The molecule has 5 nitrogen and oxygen atoms in total. The summed E-state index contributed by atoms with van der Waals surface area (Å²) in [5, 5.41) is 12.2. The average molecular weight is 496 g/mol. The van der Waals surface area contributed by atoms with Gasteiger partial charge in [0, 0.05) is 30.6 Å². The Morgan fingerprint density at radius 1 is 1.08 bits per heavy atom. The molecule has 1 aromatic heterocycles. The Morgan fingerprint density at radius 2 is 1.78 bits per heavy atom. The van der Waals surface area contributed by atoms with Crippen LogP contribution in [0.25, 0.3) is 5.57 Å². The van der Waals surface area contributed by atoms with Crippen LogP contribution in [0.4, 0.5) is 0 Å². The second kappa shape index (κ2) is 12.8. The highest BCUT2D eigenvalue weighted by Gasteiger charge is 2.27. The number of carbonyl (C=O) groups excluding carboxylic acids is 1. The van der Waals surface area contributed by atoms with Crippen LogP contribution in [-0.2, 0) is 11.2 Å². The molecule has 0 spiro atoms. The summed E-state index contributed by atoms with van der Waals surface area (Å²) >= 11 is 0. The first-order valence-electron chi connectivity index (χ1n) is 12.6. The quantitative estimate of drug-likeness (QED) is 0.301. The summed E-state index contributed by atoms with van der Waals surface area (Å²) in [6.07, 6.45) is 21.2. The minimum absolute atomic E-state index is 0.0464. The highest BCUT2D eigenvalue weighted by Crippen LogP contribution is 2.43. The van der Waals surface area contributed by atoms with E-state index < -0.39 is 0 Å². The fraction of sp³-hybridized carbons (Fsp3) is 0.281. The van der Waals surface area contributed by atoms with Gasteiger partial charge in [-0.05, 0) is 79.0 Å². The standard InChI is InChI=1S/C32H37N3O2/c1-23(7-6-8-24(2)19-31(37)35-18-16-26-10-12-28(36)13-11-26)9-14-30-25(3)29(15-17-32(30,4)5)27-20-33-22-34-21-27/h6-15,19-22,36H,16-18H2,1-5H3,(H,35,37). The van der Waals surface area contributed by atoms with Crippen molar-refractivity contribution in [3.05, 3.63) is 119 Å². The largest absolute Gasteiger partial charge is 0.508 e. The van der Waals surface area contributed by atoms with Crippen LogP contribution in [0.2, 0.25) is 0 Å². The van der Waals surface area contributed by atoms with Crippen LogP contribution >= 0.6 is 0 Å². The van der Waals surface area contributed by atoms with Crippen molar-refractivity contribution in [3.63, 3.8) is 0 Å². The molecular formula is C32H37N3O2. The highest BCUT2D eigenvalue weighted by atomic mass is 16.3. The lowest BCUT2D eigenvalue weighted by Crippen LogP contribution is -2.23. The van der Waals surface area contributed by atoms with Crippen molar-refractivity contribution in [1.29, 1.82) is 0 Å². The summed E-state index contributed by atoms with van der Waals surface area (Å²) in [6.45, 7) is 11.2. The van der Waals surface area contributed by atoms with Crippen molar-refractivity contribution in [1.82, 2.24) is 15.3 Å². The van der Waals surface area contributed by atoms with E-state index in [9.17, 15) is 9.90 Å². The van der Waals surface area contributed by atoms with E-state index in [1.165, 1.54) is 16.7 Å². The molecule has 1 heterocycles. The van der Waals surface area contributed by atoms with Crippen LogP contribution in [0.3, 0.4) is 0 Å². The van der Waals surface area contributed by atoms with Gasteiger partial charge in [-0.2, -0.15) is 0 Å². The third kappa shape index (κ3) is 8.28. The zero-order chi connectivity index (χ0) is 26.8. The molecule has 0 unspecified atom stereocenters. The molecule has 0 fully saturated rings. The first kappa shape index (κ1) is 27.6. The smallest absolute Gasteiger partial charge is 0.244 e. The highest BCUT2D eigenvalue weighted by molar-refractivity contribution is 5.88. The molecule has 2 aromatic rings. The van der Waals surface area contributed by atoms with Gasteiger partial charge in [0.2, 0.25) is 5.91 Å². The number of aromatic nitrogens is 2. The number of phenols is 1. The second-order valence-corrected chi connectivity index (χ2v) is 10.1. The Hall–Kier alpha value is -3.99. The SMILES string of the molecule is CC(C=CC1=C(C)C(c2cncnc2)=CCC1(C)C)=CC=CC(C)=CC(=O)NCCc1ccc(O)cc1. The Labute approximate surface area is 220 Å². The Kier molecular flexibility index (Phi) is 9.56. The van der Waals surface area contributed by atoms with E-state index >= 15 is 0 Å². The number of carbonyl (C=O) groups is 1. The molecular weight excluding hydrogens is 458 g/mol. The molecule has 0 aliphatic heterocycles. The normalized spacial score (nSPS) is 16.4. The van der Waals surface area contributed by atoms with Gasteiger partial charge in [0.15, 0.2) is 0 Å². The number of nitrogens with one attached hydrogen (secondary N) is 1. The zero-order valence-electron chi connectivity index (χ0n) is 22.5. The molecule has 0 radical (unpaired) electrons. The number of hydrogen-bond acceptors (Lipinski definition) is 4. The Balaban J connectivity index is 1.58. The van der Waals surface area contributed by atoms with Gasteiger partial charge in [0.25, 0.3) is 0 Å². The van der Waals surface area contributed by atoms with E-state index in [-0.39, 0.29) is 17.1 Å². The maximum atomic E-state index is 12.2. The monoisotopic (exact) mass is 495 g/mol. The van der Waals surface area contributed by atoms with Gasteiger partial charge in [-0.1, -0.05) is 68.0 Å². The van der Waals surface area contributed by atoms with Crippen molar-refractivity contribution in [2.75, 3.05) is 6.54 Å². The first-order chi connectivity index (χ1) is 17.7. The zero-order valence-corrected chi connectivity index (χ0v) is 22.5. The number of rotatable bonds is 9. The van der Waals surface area contributed by atoms with Gasteiger partial charge >= 0.3 is 0 Å². The topological polar surface area (TPSA) is 75.1 Å². The Morgan fingerprint density at radius 3 is 2.49 bits per heavy atom. The van der Waals surface area contributed by atoms with Gasteiger partial charge in [-0.15, -0.1) is 0 Å². The van der Waals surface area contributed by atoms with E-state index in [4.69, 9.17) is 0 Å². The van der Waals surface area contributed by atoms with E-state index in [0.29, 0.717) is 13.0 Å². The van der Waals surface area contributed by atoms with Crippen LogP contribution in [0, 0.1) is 5.41 Å². The van der Waals surface area contributed by atoms with Crippen molar-refractivity contribution >= 4 is 11.5 Å². The number of allylic oxidation sites excluding steroid dienone is 11. The lowest BCUT2D eigenvalue weighted by Gasteiger charge is -2.32. The predicted octanol–water partition coefficient (Wildman–Crippen LogP) is 6.68. The number of phenolic OH excluding ortho intramolecular Hbond substituents is 1. The van der Waals surface area contributed by atoms with Crippen molar-refractivity contribution in [3.8, 4) is 5.75 Å². The third-order valence-corrected chi connectivity index (χ3v) is 6.46. The Bertz CT molecular complexity index is 1280. The van der Waals surface area contributed by atoms with E-state index in [2.05, 4.69) is 61.2 Å². The van der Waals surface area contributed by atoms with Crippen molar-refractivity contribution < 1.29 is 9.90 Å². The average Bonchev–Trinajstić information content (AvgIpc) is 2.85. The number of nitrogens with zero attached hydrogens (tertiary/aromatic N) is 2. The minimum atomic E-state index is -0.115. The second-order valence-electron chi connectivity index (χ2n) is 10.1. The van der Waals surface area contributed by atoms with Gasteiger partial charge in [0.05, 0.1) is 0 Å². The molecule has 3 rings (SSSR count). The molecule has 1 aromatic carbocycles. The molecule has 192 valence electrons.